The number of ether oxygens (including phenoxy) is 2. The van der Waals surface area contributed by atoms with Crippen molar-refractivity contribution in [3.63, 3.8) is 0 Å². The van der Waals surface area contributed by atoms with Gasteiger partial charge in [-0.2, -0.15) is 20.7 Å². The number of carbonyl (C=O) groups excluding carboxylic acids is 1. The van der Waals surface area contributed by atoms with Gasteiger partial charge in [-0.3, -0.25) is 14.4 Å². The summed E-state index contributed by atoms with van der Waals surface area (Å²) in [6.07, 6.45) is 8.59. The number of amides is 1. The molecule has 5 rings (SSSR count). The fourth-order valence-electron chi connectivity index (χ4n) is 5.94. The number of methoxy groups -OCH3 is 1. The van der Waals surface area contributed by atoms with E-state index in [4.69, 9.17) is 14.6 Å². The Balaban J connectivity index is 1.27. The maximum atomic E-state index is 13.3. The summed E-state index contributed by atoms with van der Waals surface area (Å²) in [5, 5.41) is 28.3. The van der Waals surface area contributed by atoms with Crippen LogP contribution < -0.4 is 4.74 Å². The van der Waals surface area contributed by atoms with E-state index in [0.29, 0.717) is 43.1 Å². The minimum absolute atomic E-state index is 0.139. The second kappa shape index (κ2) is 11.7. The zero-order valence-corrected chi connectivity index (χ0v) is 24.1. The summed E-state index contributed by atoms with van der Waals surface area (Å²) in [5.74, 6) is 0.375. The first kappa shape index (κ1) is 28.3. The van der Waals surface area contributed by atoms with Crippen molar-refractivity contribution in [2.24, 2.45) is 5.41 Å². The molecule has 0 bridgehead atoms. The third-order valence-corrected chi connectivity index (χ3v) is 7.99. The summed E-state index contributed by atoms with van der Waals surface area (Å²) in [6, 6.07) is 6.37. The molecule has 0 spiro atoms. The molecule has 0 unspecified atom stereocenters. The van der Waals surface area contributed by atoms with Gasteiger partial charge in [-0.05, 0) is 31.2 Å². The minimum atomic E-state index is -0.309. The topological polar surface area (TPSA) is 125 Å². The van der Waals surface area contributed by atoms with Gasteiger partial charge < -0.3 is 14.4 Å². The Morgan fingerprint density at radius 1 is 1.17 bits per heavy atom. The van der Waals surface area contributed by atoms with Gasteiger partial charge in [0.05, 0.1) is 38.8 Å². The van der Waals surface area contributed by atoms with Crippen LogP contribution in [0.15, 0.2) is 36.3 Å². The number of likely N-dealkylation sites (tertiary alicyclic amines) is 1. The van der Waals surface area contributed by atoms with Crippen LogP contribution in [0.3, 0.4) is 0 Å². The van der Waals surface area contributed by atoms with E-state index in [-0.39, 0.29) is 22.9 Å². The van der Waals surface area contributed by atoms with Gasteiger partial charge in [-0.15, -0.1) is 0 Å². The van der Waals surface area contributed by atoms with Crippen LogP contribution in [0.4, 0.5) is 0 Å². The maximum Gasteiger partial charge on any atom is 0.264 e. The van der Waals surface area contributed by atoms with Crippen molar-refractivity contribution in [2.75, 3.05) is 53.0 Å². The highest BCUT2D eigenvalue weighted by Crippen LogP contribution is 2.33. The lowest BCUT2D eigenvalue weighted by atomic mass is 9.89. The van der Waals surface area contributed by atoms with Crippen LogP contribution in [-0.2, 0) is 9.53 Å². The summed E-state index contributed by atoms with van der Waals surface area (Å²) in [5.41, 5.74) is 3.84. The molecule has 11 nitrogen and oxygen atoms in total. The summed E-state index contributed by atoms with van der Waals surface area (Å²) in [6.45, 7) is 11.2. The number of piperidine rings is 1. The van der Waals surface area contributed by atoms with Crippen LogP contribution >= 0.6 is 0 Å². The zero-order valence-electron chi connectivity index (χ0n) is 24.1. The first-order valence-corrected chi connectivity index (χ1v) is 14.0. The van der Waals surface area contributed by atoms with Gasteiger partial charge in [-0.25, -0.2) is 4.52 Å². The number of pyridine rings is 1. The number of fused-ring (bicyclic) bond motifs is 1. The number of nitriles is 2. The van der Waals surface area contributed by atoms with E-state index < -0.39 is 0 Å². The first-order valence-electron chi connectivity index (χ1n) is 14.0. The molecule has 2 saturated heterocycles. The van der Waals surface area contributed by atoms with Crippen molar-refractivity contribution in [3.8, 4) is 29.0 Å². The molecule has 0 aliphatic carbocycles. The predicted octanol–water partition coefficient (Wildman–Crippen LogP) is 3.36. The second-order valence-electron chi connectivity index (χ2n) is 11.4. The molecule has 2 aliphatic heterocycles. The standard InChI is InChI=1S/C30H36N8O3/c1-21-26(22-13-27(40-4)28-24(16-32)17-33-37(28)19-22)18-34-38(21)25-5-7-36(8-6-25)29(39)23(15-31)14-30(2,3)20-35-9-11-41-12-10-35/h13-14,17-19,25H,5-12,20H2,1-4H3/b23-14+. The largest absolute Gasteiger partial charge is 0.494 e. The van der Waals surface area contributed by atoms with Crippen molar-refractivity contribution >= 4 is 11.4 Å². The summed E-state index contributed by atoms with van der Waals surface area (Å²) in [4.78, 5) is 17.4. The third kappa shape index (κ3) is 5.83. The Hall–Kier alpha value is -4.19. The Labute approximate surface area is 240 Å². The van der Waals surface area contributed by atoms with Gasteiger partial charge in [0, 0.05) is 55.7 Å². The van der Waals surface area contributed by atoms with Crippen LogP contribution in [-0.4, -0.2) is 88.1 Å². The monoisotopic (exact) mass is 556 g/mol. The quantitative estimate of drug-likeness (QED) is 0.321. The molecule has 3 aromatic heterocycles. The summed E-state index contributed by atoms with van der Waals surface area (Å²) >= 11 is 0. The lowest BCUT2D eigenvalue weighted by molar-refractivity contribution is -0.128. The molecule has 2 aliphatic rings. The van der Waals surface area contributed by atoms with Crippen LogP contribution in [0, 0.1) is 35.0 Å². The lowest BCUT2D eigenvalue weighted by Crippen LogP contribution is -2.42. The molecule has 214 valence electrons. The number of hydrogen-bond donors (Lipinski definition) is 0. The van der Waals surface area contributed by atoms with E-state index in [2.05, 4.69) is 36.0 Å². The smallest absolute Gasteiger partial charge is 0.264 e. The molecule has 0 N–H and O–H groups in total. The second-order valence-corrected chi connectivity index (χ2v) is 11.4. The molecule has 2 fully saturated rings. The van der Waals surface area contributed by atoms with Crippen LogP contribution in [0.25, 0.3) is 16.6 Å². The highest BCUT2D eigenvalue weighted by atomic mass is 16.5. The van der Waals surface area contributed by atoms with Crippen LogP contribution in [0.2, 0.25) is 0 Å². The summed E-state index contributed by atoms with van der Waals surface area (Å²) in [7, 11) is 1.58. The lowest BCUT2D eigenvalue weighted by Gasteiger charge is -2.34. The average Bonchev–Trinajstić information content (AvgIpc) is 3.58. The molecule has 0 saturated carbocycles. The van der Waals surface area contributed by atoms with Crippen LogP contribution in [0.1, 0.15) is 44.0 Å². The molecule has 11 heteroatoms. The first-order chi connectivity index (χ1) is 19.7. The minimum Gasteiger partial charge on any atom is -0.494 e. The molecule has 1 amide bonds. The number of carbonyl (C=O) groups is 1. The third-order valence-electron chi connectivity index (χ3n) is 7.99. The van der Waals surface area contributed by atoms with E-state index in [1.165, 1.54) is 6.20 Å². The van der Waals surface area contributed by atoms with Gasteiger partial charge in [0.2, 0.25) is 0 Å². The summed E-state index contributed by atoms with van der Waals surface area (Å²) < 4.78 is 14.7. The molecule has 3 aromatic rings. The van der Waals surface area contributed by atoms with Gasteiger partial charge in [0.15, 0.2) is 0 Å². The highest BCUT2D eigenvalue weighted by molar-refractivity contribution is 5.97. The predicted molar refractivity (Wildman–Crippen MR) is 152 cm³/mol. The maximum absolute atomic E-state index is 13.3. The fraction of sp³-hybridized carbons (Fsp3) is 0.500. The number of hydrogen-bond acceptors (Lipinski definition) is 8. The fourth-order valence-corrected chi connectivity index (χ4v) is 5.94. The molecule has 41 heavy (non-hydrogen) atoms. The van der Waals surface area contributed by atoms with Crippen molar-refractivity contribution in [3.05, 3.63) is 47.6 Å². The van der Waals surface area contributed by atoms with Gasteiger partial charge in [0.25, 0.3) is 5.91 Å². The van der Waals surface area contributed by atoms with E-state index in [1.807, 2.05) is 36.1 Å². The van der Waals surface area contributed by atoms with E-state index in [1.54, 1.807) is 16.5 Å². The number of rotatable bonds is 7. The van der Waals surface area contributed by atoms with E-state index in [9.17, 15) is 15.3 Å². The molecular weight excluding hydrogens is 520 g/mol. The van der Waals surface area contributed by atoms with E-state index >= 15 is 0 Å². The van der Waals surface area contributed by atoms with Gasteiger partial charge in [-0.1, -0.05) is 19.9 Å². The number of morpholine rings is 1. The van der Waals surface area contributed by atoms with Crippen molar-refractivity contribution in [1.29, 1.82) is 10.5 Å². The van der Waals surface area contributed by atoms with Gasteiger partial charge >= 0.3 is 0 Å². The zero-order chi connectivity index (χ0) is 29.1. The SMILES string of the molecule is COc1cc(-c2cnn(C3CCN(C(=O)/C(C#N)=C/C(C)(C)CN4CCOCC4)CC3)c2C)cn2ncc(C#N)c12. The van der Waals surface area contributed by atoms with Crippen molar-refractivity contribution in [2.45, 2.75) is 39.7 Å². The van der Waals surface area contributed by atoms with Crippen molar-refractivity contribution in [1.82, 2.24) is 29.2 Å². The Kier molecular flexibility index (Phi) is 8.11. The van der Waals surface area contributed by atoms with Crippen molar-refractivity contribution < 1.29 is 14.3 Å². The Morgan fingerprint density at radius 3 is 2.56 bits per heavy atom. The molecule has 5 heterocycles. The highest BCUT2D eigenvalue weighted by Gasteiger charge is 2.30. The Morgan fingerprint density at radius 2 is 1.90 bits per heavy atom. The van der Waals surface area contributed by atoms with E-state index in [0.717, 1.165) is 49.3 Å². The number of nitrogens with zero attached hydrogens (tertiary/aromatic N) is 8. The number of aromatic nitrogens is 4. The van der Waals surface area contributed by atoms with Crippen LogP contribution in [0.5, 0.6) is 5.75 Å². The normalized spacial score (nSPS) is 17.4. The average molecular weight is 557 g/mol. The Bertz CT molecular complexity index is 1540. The molecule has 0 atom stereocenters. The molecule has 0 radical (unpaired) electrons. The molecule has 0 aromatic carbocycles. The van der Waals surface area contributed by atoms with Gasteiger partial charge in [0.1, 0.15) is 34.5 Å². The molecular formula is C30H36N8O3.